The Labute approximate surface area is 111 Å². The first-order chi connectivity index (χ1) is 8.71. The second kappa shape index (κ2) is 4.63. The first-order valence-corrected chi connectivity index (χ1v) is 7.48. The van der Waals surface area contributed by atoms with Gasteiger partial charge in [0.05, 0.1) is 17.7 Å². The summed E-state index contributed by atoms with van der Waals surface area (Å²) in [7, 11) is 1.90. The summed E-state index contributed by atoms with van der Waals surface area (Å²) in [4.78, 5) is 18.5. The summed E-state index contributed by atoms with van der Waals surface area (Å²) in [5.41, 5.74) is 3.15. The van der Waals surface area contributed by atoms with E-state index in [4.69, 9.17) is 0 Å². The maximum atomic E-state index is 12.4. The van der Waals surface area contributed by atoms with Crippen LogP contribution in [0, 0.1) is 11.3 Å². The molecule has 4 nitrogen and oxygen atoms in total. The van der Waals surface area contributed by atoms with Crippen molar-refractivity contribution >= 4 is 17.2 Å². The van der Waals surface area contributed by atoms with Crippen molar-refractivity contribution in [1.82, 2.24) is 15.2 Å². The standard InChI is InChI=1S/C13H19N3OS/c1-16(7-10-8-18-9-15-10)12(17)11-6-13(11)2-4-14-5-3-13/h8-9,11,14H,2-7H2,1H3/t11-/m0/s1. The van der Waals surface area contributed by atoms with E-state index in [0.29, 0.717) is 17.9 Å². The van der Waals surface area contributed by atoms with Crippen LogP contribution >= 0.6 is 11.3 Å². The number of nitrogens with one attached hydrogen (secondary N) is 1. The normalized spacial score (nSPS) is 25.1. The molecule has 18 heavy (non-hydrogen) atoms. The molecular formula is C13H19N3OS. The van der Waals surface area contributed by atoms with Gasteiger partial charge in [-0.25, -0.2) is 4.98 Å². The molecule has 1 aromatic heterocycles. The lowest BCUT2D eigenvalue weighted by atomic mass is 9.91. The average Bonchev–Trinajstić information content (AvgIpc) is 2.84. The third kappa shape index (κ3) is 2.17. The quantitative estimate of drug-likeness (QED) is 0.900. The SMILES string of the molecule is CN(Cc1cscn1)C(=O)[C@@H]1CC12CCNCC2. The minimum atomic E-state index is 0.267. The van der Waals surface area contributed by atoms with Crippen molar-refractivity contribution in [2.75, 3.05) is 20.1 Å². The number of hydrogen-bond donors (Lipinski definition) is 1. The van der Waals surface area contributed by atoms with Crippen molar-refractivity contribution in [3.05, 3.63) is 16.6 Å². The Balaban J connectivity index is 1.58. The molecule has 5 heteroatoms. The molecule has 1 aliphatic heterocycles. The van der Waals surface area contributed by atoms with Crippen LogP contribution in [0.15, 0.2) is 10.9 Å². The molecule has 0 bridgehead atoms. The number of piperidine rings is 1. The highest BCUT2D eigenvalue weighted by Gasteiger charge is 2.58. The third-order valence-corrected chi connectivity index (χ3v) is 4.98. The molecule has 3 rings (SSSR count). The topological polar surface area (TPSA) is 45.2 Å². The van der Waals surface area contributed by atoms with Gasteiger partial charge in [0.25, 0.3) is 0 Å². The van der Waals surface area contributed by atoms with Crippen LogP contribution in [0.3, 0.4) is 0 Å². The van der Waals surface area contributed by atoms with Crippen molar-refractivity contribution in [2.45, 2.75) is 25.8 Å². The van der Waals surface area contributed by atoms with Gasteiger partial charge in [-0.05, 0) is 37.8 Å². The van der Waals surface area contributed by atoms with Crippen LogP contribution in [-0.4, -0.2) is 35.9 Å². The average molecular weight is 265 g/mol. The first-order valence-electron chi connectivity index (χ1n) is 6.54. The monoisotopic (exact) mass is 265 g/mol. The largest absolute Gasteiger partial charge is 0.340 e. The lowest BCUT2D eigenvalue weighted by molar-refractivity contribution is -0.132. The van der Waals surface area contributed by atoms with Gasteiger partial charge in [0.1, 0.15) is 0 Å². The second-order valence-corrected chi connectivity index (χ2v) is 6.26. The Morgan fingerprint density at radius 2 is 2.39 bits per heavy atom. The van der Waals surface area contributed by atoms with Crippen LogP contribution in [0.1, 0.15) is 25.0 Å². The molecule has 1 atom stereocenters. The van der Waals surface area contributed by atoms with Crippen LogP contribution in [0.5, 0.6) is 0 Å². The Bertz CT molecular complexity index is 425. The van der Waals surface area contributed by atoms with Gasteiger partial charge in [-0.15, -0.1) is 11.3 Å². The number of carbonyl (C=O) groups is 1. The molecule has 1 N–H and O–H groups in total. The summed E-state index contributed by atoms with van der Waals surface area (Å²) in [5.74, 6) is 0.577. The molecule has 1 spiro atoms. The Hall–Kier alpha value is -0.940. The number of thiazole rings is 1. The van der Waals surface area contributed by atoms with Gasteiger partial charge in [0, 0.05) is 18.3 Å². The minimum Gasteiger partial charge on any atom is -0.340 e. The van der Waals surface area contributed by atoms with Crippen molar-refractivity contribution in [3.8, 4) is 0 Å². The predicted molar refractivity (Wildman–Crippen MR) is 71.2 cm³/mol. The summed E-state index contributed by atoms with van der Waals surface area (Å²) in [5, 5.41) is 5.38. The molecule has 1 aromatic rings. The van der Waals surface area contributed by atoms with Gasteiger partial charge in [0.2, 0.25) is 5.91 Å². The van der Waals surface area contributed by atoms with Crippen LogP contribution in [-0.2, 0) is 11.3 Å². The van der Waals surface area contributed by atoms with E-state index in [-0.39, 0.29) is 5.92 Å². The van der Waals surface area contributed by atoms with Crippen molar-refractivity contribution in [1.29, 1.82) is 0 Å². The maximum absolute atomic E-state index is 12.4. The second-order valence-electron chi connectivity index (χ2n) is 5.54. The number of carbonyl (C=O) groups excluding carboxylic acids is 1. The molecule has 0 aromatic carbocycles. The third-order valence-electron chi connectivity index (χ3n) is 4.35. The zero-order chi connectivity index (χ0) is 12.6. The Kier molecular flexibility index (Phi) is 3.11. The lowest BCUT2D eigenvalue weighted by Crippen LogP contribution is -2.34. The van der Waals surface area contributed by atoms with E-state index in [1.165, 1.54) is 0 Å². The van der Waals surface area contributed by atoms with Gasteiger partial charge in [-0.2, -0.15) is 0 Å². The van der Waals surface area contributed by atoms with E-state index in [1.807, 2.05) is 22.8 Å². The molecule has 1 saturated heterocycles. The van der Waals surface area contributed by atoms with E-state index in [1.54, 1.807) is 11.3 Å². The fraction of sp³-hybridized carbons (Fsp3) is 0.692. The molecule has 1 amide bonds. The Morgan fingerprint density at radius 1 is 1.61 bits per heavy atom. The number of hydrogen-bond acceptors (Lipinski definition) is 4. The maximum Gasteiger partial charge on any atom is 0.226 e. The highest BCUT2D eigenvalue weighted by atomic mass is 32.1. The number of amides is 1. The minimum absolute atomic E-state index is 0.267. The lowest BCUT2D eigenvalue weighted by Gasteiger charge is -2.24. The molecule has 2 heterocycles. The van der Waals surface area contributed by atoms with E-state index in [2.05, 4.69) is 10.3 Å². The van der Waals surface area contributed by atoms with Gasteiger partial charge in [0.15, 0.2) is 0 Å². The van der Waals surface area contributed by atoms with E-state index < -0.39 is 0 Å². The van der Waals surface area contributed by atoms with Crippen LogP contribution in [0.2, 0.25) is 0 Å². The molecule has 2 aliphatic rings. The van der Waals surface area contributed by atoms with Crippen LogP contribution in [0.25, 0.3) is 0 Å². The predicted octanol–water partition coefficient (Wildman–Crippen LogP) is 1.49. The molecular weight excluding hydrogens is 246 g/mol. The molecule has 1 saturated carbocycles. The molecule has 0 unspecified atom stereocenters. The van der Waals surface area contributed by atoms with Crippen molar-refractivity contribution in [2.24, 2.45) is 11.3 Å². The Morgan fingerprint density at radius 3 is 3.06 bits per heavy atom. The number of rotatable bonds is 3. The number of nitrogens with zero attached hydrogens (tertiary/aromatic N) is 2. The first kappa shape index (κ1) is 12.1. The molecule has 0 radical (unpaired) electrons. The van der Waals surface area contributed by atoms with Crippen molar-refractivity contribution < 1.29 is 4.79 Å². The zero-order valence-electron chi connectivity index (χ0n) is 10.7. The van der Waals surface area contributed by atoms with E-state index >= 15 is 0 Å². The van der Waals surface area contributed by atoms with Gasteiger partial charge >= 0.3 is 0 Å². The number of aromatic nitrogens is 1. The molecule has 98 valence electrons. The van der Waals surface area contributed by atoms with Crippen LogP contribution in [0.4, 0.5) is 0 Å². The molecule has 2 fully saturated rings. The van der Waals surface area contributed by atoms with Crippen molar-refractivity contribution in [3.63, 3.8) is 0 Å². The highest BCUT2D eigenvalue weighted by molar-refractivity contribution is 7.07. The smallest absolute Gasteiger partial charge is 0.226 e. The zero-order valence-corrected chi connectivity index (χ0v) is 11.5. The van der Waals surface area contributed by atoms with E-state index in [9.17, 15) is 4.79 Å². The van der Waals surface area contributed by atoms with Gasteiger partial charge in [-0.1, -0.05) is 0 Å². The summed E-state index contributed by atoms with van der Waals surface area (Å²) in [6.45, 7) is 2.78. The summed E-state index contributed by atoms with van der Waals surface area (Å²) in [6, 6.07) is 0. The molecule has 1 aliphatic carbocycles. The fourth-order valence-corrected chi connectivity index (χ4v) is 3.63. The van der Waals surface area contributed by atoms with E-state index in [0.717, 1.165) is 38.0 Å². The summed E-state index contributed by atoms with van der Waals surface area (Å²) in [6.07, 6.45) is 3.41. The fourth-order valence-electron chi connectivity index (χ4n) is 3.08. The van der Waals surface area contributed by atoms with Crippen LogP contribution < -0.4 is 5.32 Å². The van der Waals surface area contributed by atoms with Gasteiger partial charge in [-0.3, -0.25) is 4.79 Å². The summed E-state index contributed by atoms with van der Waals surface area (Å²) >= 11 is 1.58. The summed E-state index contributed by atoms with van der Waals surface area (Å²) < 4.78 is 0. The van der Waals surface area contributed by atoms with Gasteiger partial charge < -0.3 is 10.2 Å². The highest BCUT2D eigenvalue weighted by Crippen LogP contribution is 2.59.